The first-order chi connectivity index (χ1) is 8.69. The topological polar surface area (TPSA) is 64.3 Å². The van der Waals surface area contributed by atoms with E-state index in [4.69, 9.17) is 10.5 Å². The fraction of sp³-hybridized carbons (Fsp3) is 0.929. The molecule has 0 radical (unpaired) electrons. The van der Waals surface area contributed by atoms with E-state index in [2.05, 4.69) is 12.2 Å². The van der Waals surface area contributed by atoms with Crippen LogP contribution in [0.15, 0.2) is 0 Å². The van der Waals surface area contributed by atoms with Crippen LogP contribution in [0, 0.1) is 5.92 Å². The number of rotatable bonds is 5. The molecule has 1 saturated carbocycles. The maximum absolute atomic E-state index is 12.0. The first-order valence-electron chi connectivity index (χ1n) is 7.35. The Morgan fingerprint density at radius 3 is 2.83 bits per heavy atom. The molecule has 1 heterocycles. The third-order valence-electron chi connectivity index (χ3n) is 4.67. The van der Waals surface area contributed by atoms with Crippen molar-refractivity contribution in [2.24, 2.45) is 11.7 Å². The van der Waals surface area contributed by atoms with Crippen molar-refractivity contribution in [1.82, 2.24) is 5.32 Å². The lowest BCUT2D eigenvalue weighted by Crippen LogP contribution is -2.62. The van der Waals surface area contributed by atoms with Gasteiger partial charge in [-0.05, 0) is 31.6 Å². The van der Waals surface area contributed by atoms with Crippen LogP contribution in [0.2, 0.25) is 0 Å². The Morgan fingerprint density at radius 1 is 1.39 bits per heavy atom. The molecule has 0 bridgehead atoms. The van der Waals surface area contributed by atoms with Crippen LogP contribution in [0.5, 0.6) is 0 Å². The summed E-state index contributed by atoms with van der Waals surface area (Å²) in [5, 5.41) is 3.48. The molecule has 1 amide bonds. The van der Waals surface area contributed by atoms with Crippen LogP contribution in [-0.2, 0) is 9.53 Å². The van der Waals surface area contributed by atoms with Crippen LogP contribution in [-0.4, -0.2) is 30.7 Å². The fourth-order valence-electron chi connectivity index (χ4n) is 3.54. The molecule has 2 fully saturated rings. The highest BCUT2D eigenvalue weighted by Gasteiger charge is 2.44. The molecule has 18 heavy (non-hydrogen) atoms. The molecule has 4 heteroatoms. The highest BCUT2D eigenvalue weighted by Crippen LogP contribution is 2.36. The smallest absolute Gasteiger partial charge is 0.238 e. The van der Waals surface area contributed by atoms with Gasteiger partial charge in [0.15, 0.2) is 0 Å². The van der Waals surface area contributed by atoms with Gasteiger partial charge in [-0.3, -0.25) is 4.79 Å². The van der Waals surface area contributed by atoms with E-state index in [1.165, 1.54) is 6.42 Å². The van der Waals surface area contributed by atoms with Gasteiger partial charge in [0.2, 0.25) is 5.91 Å². The SMILES string of the molecule is CCC1CCCCC1(NCC1CCCO1)C(N)=O. The van der Waals surface area contributed by atoms with E-state index >= 15 is 0 Å². The monoisotopic (exact) mass is 254 g/mol. The van der Waals surface area contributed by atoms with E-state index in [9.17, 15) is 4.79 Å². The average molecular weight is 254 g/mol. The van der Waals surface area contributed by atoms with E-state index in [1.54, 1.807) is 0 Å². The number of nitrogens with one attached hydrogen (secondary N) is 1. The first kappa shape index (κ1) is 13.8. The van der Waals surface area contributed by atoms with Gasteiger partial charge < -0.3 is 15.8 Å². The van der Waals surface area contributed by atoms with Crippen molar-refractivity contribution in [2.45, 2.75) is 63.5 Å². The zero-order chi connectivity index (χ0) is 13.0. The molecule has 1 aliphatic heterocycles. The lowest BCUT2D eigenvalue weighted by Gasteiger charge is -2.42. The maximum atomic E-state index is 12.0. The number of nitrogens with two attached hydrogens (primary N) is 1. The van der Waals surface area contributed by atoms with Gasteiger partial charge in [-0.2, -0.15) is 0 Å². The molecule has 3 atom stereocenters. The van der Waals surface area contributed by atoms with Gasteiger partial charge in [0.05, 0.1) is 6.10 Å². The quantitative estimate of drug-likeness (QED) is 0.783. The van der Waals surface area contributed by atoms with Gasteiger partial charge in [-0.1, -0.05) is 26.2 Å². The highest BCUT2D eigenvalue weighted by atomic mass is 16.5. The molecule has 104 valence electrons. The summed E-state index contributed by atoms with van der Waals surface area (Å²) in [4.78, 5) is 12.0. The molecule has 3 N–H and O–H groups in total. The predicted octanol–water partition coefficient (Wildman–Crippen LogP) is 1.58. The summed E-state index contributed by atoms with van der Waals surface area (Å²) >= 11 is 0. The number of amides is 1. The summed E-state index contributed by atoms with van der Waals surface area (Å²) < 4.78 is 5.62. The number of primary amides is 1. The van der Waals surface area contributed by atoms with Gasteiger partial charge in [0, 0.05) is 13.2 Å². The number of hydrogen-bond donors (Lipinski definition) is 2. The van der Waals surface area contributed by atoms with Crippen molar-refractivity contribution in [3.05, 3.63) is 0 Å². The van der Waals surface area contributed by atoms with Crippen molar-refractivity contribution >= 4 is 5.91 Å². The average Bonchev–Trinajstić information content (AvgIpc) is 2.89. The lowest BCUT2D eigenvalue weighted by atomic mass is 9.71. The Hall–Kier alpha value is -0.610. The predicted molar refractivity (Wildman–Crippen MR) is 71.2 cm³/mol. The van der Waals surface area contributed by atoms with Gasteiger partial charge in [-0.15, -0.1) is 0 Å². The number of carbonyl (C=O) groups is 1. The molecule has 1 aliphatic carbocycles. The second-order valence-electron chi connectivity index (χ2n) is 5.70. The molecule has 0 aromatic rings. The van der Waals surface area contributed by atoms with Crippen LogP contribution >= 0.6 is 0 Å². The van der Waals surface area contributed by atoms with E-state index in [0.717, 1.165) is 51.7 Å². The van der Waals surface area contributed by atoms with Crippen molar-refractivity contribution in [2.75, 3.05) is 13.2 Å². The van der Waals surface area contributed by atoms with E-state index in [0.29, 0.717) is 5.92 Å². The second-order valence-corrected chi connectivity index (χ2v) is 5.70. The molecule has 0 aromatic heterocycles. The van der Waals surface area contributed by atoms with Crippen molar-refractivity contribution < 1.29 is 9.53 Å². The minimum atomic E-state index is -0.487. The van der Waals surface area contributed by atoms with E-state index in [-0.39, 0.29) is 12.0 Å². The summed E-state index contributed by atoms with van der Waals surface area (Å²) in [5.74, 6) is 0.206. The van der Waals surface area contributed by atoms with Gasteiger partial charge in [0.1, 0.15) is 5.54 Å². The summed E-state index contributed by atoms with van der Waals surface area (Å²) in [6.07, 6.45) is 7.81. The summed E-state index contributed by atoms with van der Waals surface area (Å²) in [6, 6.07) is 0. The molecular weight excluding hydrogens is 228 g/mol. The van der Waals surface area contributed by atoms with Crippen molar-refractivity contribution in [1.29, 1.82) is 0 Å². The number of hydrogen-bond acceptors (Lipinski definition) is 3. The van der Waals surface area contributed by atoms with Gasteiger partial charge >= 0.3 is 0 Å². The van der Waals surface area contributed by atoms with Gasteiger partial charge in [-0.25, -0.2) is 0 Å². The molecule has 4 nitrogen and oxygen atoms in total. The van der Waals surface area contributed by atoms with Gasteiger partial charge in [0.25, 0.3) is 0 Å². The van der Waals surface area contributed by atoms with Crippen LogP contribution in [0.25, 0.3) is 0 Å². The Kier molecular flexibility index (Phi) is 4.62. The zero-order valence-electron chi connectivity index (χ0n) is 11.4. The molecule has 3 unspecified atom stereocenters. The Morgan fingerprint density at radius 2 is 2.22 bits per heavy atom. The third kappa shape index (κ3) is 2.69. The van der Waals surface area contributed by atoms with Crippen LogP contribution < -0.4 is 11.1 Å². The van der Waals surface area contributed by atoms with Crippen LogP contribution in [0.3, 0.4) is 0 Å². The highest BCUT2D eigenvalue weighted by molar-refractivity contribution is 5.85. The number of carbonyl (C=O) groups excluding carboxylic acids is 1. The standard InChI is InChI=1S/C14H26N2O2/c1-2-11-6-3-4-8-14(11,13(15)17)16-10-12-7-5-9-18-12/h11-12,16H,2-10H2,1H3,(H2,15,17). The molecule has 2 aliphatic rings. The Bertz CT molecular complexity index is 290. The summed E-state index contributed by atoms with van der Waals surface area (Å²) in [7, 11) is 0. The molecule has 0 spiro atoms. The zero-order valence-corrected chi connectivity index (χ0v) is 11.4. The summed E-state index contributed by atoms with van der Waals surface area (Å²) in [5.41, 5.74) is 5.22. The molecule has 2 rings (SSSR count). The normalized spacial score (nSPS) is 36.7. The second kappa shape index (κ2) is 6.02. The molecule has 1 saturated heterocycles. The van der Waals surface area contributed by atoms with Crippen molar-refractivity contribution in [3.63, 3.8) is 0 Å². The van der Waals surface area contributed by atoms with E-state index in [1.807, 2.05) is 0 Å². The van der Waals surface area contributed by atoms with E-state index < -0.39 is 5.54 Å². The Balaban J connectivity index is 2.02. The summed E-state index contributed by atoms with van der Waals surface area (Å²) in [6.45, 7) is 3.77. The molecule has 0 aromatic carbocycles. The first-order valence-corrected chi connectivity index (χ1v) is 7.35. The van der Waals surface area contributed by atoms with Crippen LogP contribution in [0.1, 0.15) is 51.9 Å². The lowest BCUT2D eigenvalue weighted by molar-refractivity contribution is -0.128. The molecular formula is C14H26N2O2. The largest absolute Gasteiger partial charge is 0.377 e. The number of ether oxygens (including phenoxy) is 1. The minimum Gasteiger partial charge on any atom is -0.377 e. The minimum absolute atomic E-state index is 0.174. The fourth-order valence-corrected chi connectivity index (χ4v) is 3.54. The Labute approximate surface area is 110 Å². The van der Waals surface area contributed by atoms with Crippen molar-refractivity contribution in [3.8, 4) is 0 Å². The third-order valence-corrected chi connectivity index (χ3v) is 4.67. The van der Waals surface area contributed by atoms with Crippen LogP contribution in [0.4, 0.5) is 0 Å². The maximum Gasteiger partial charge on any atom is 0.238 e.